The number of ether oxygens (including phenoxy) is 1. The van der Waals surface area contributed by atoms with E-state index < -0.39 is 12.1 Å². The van der Waals surface area contributed by atoms with E-state index in [1.54, 1.807) is 0 Å². The molecule has 0 bridgehead atoms. The fourth-order valence-electron chi connectivity index (χ4n) is 3.11. The smallest absolute Gasteiger partial charge is 0.391 e. The number of aliphatic hydroxyl groups is 1. The summed E-state index contributed by atoms with van der Waals surface area (Å²) in [4.78, 5) is 0. The van der Waals surface area contributed by atoms with Crippen LogP contribution in [0.3, 0.4) is 0 Å². The van der Waals surface area contributed by atoms with Crippen molar-refractivity contribution in [1.82, 2.24) is 0 Å². The van der Waals surface area contributed by atoms with Crippen LogP contribution in [-0.2, 0) is 4.74 Å². The van der Waals surface area contributed by atoms with Crippen molar-refractivity contribution >= 4 is 0 Å². The van der Waals surface area contributed by atoms with Crippen LogP contribution in [0.2, 0.25) is 0 Å². The molecule has 5 heteroatoms. The molecule has 1 heterocycles. The SMILES string of the molecule is C[C@@H]1C[C@@H]2[C@H](CO)C[C@H](C(F)(F)F)C[C@H]2O1. The summed E-state index contributed by atoms with van der Waals surface area (Å²) in [5, 5.41) is 9.18. The predicted octanol–water partition coefficient (Wildman–Crippen LogP) is 2.36. The minimum absolute atomic E-state index is 0.0241. The van der Waals surface area contributed by atoms with E-state index in [0.717, 1.165) is 6.42 Å². The number of rotatable bonds is 1. The van der Waals surface area contributed by atoms with Gasteiger partial charge in [0, 0.05) is 6.61 Å². The molecule has 16 heavy (non-hydrogen) atoms. The highest BCUT2D eigenvalue weighted by Crippen LogP contribution is 2.47. The van der Waals surface area contributed by atoms with E-state index in [2.05, 4.69) is 0 Å². The molecule has 0 aromatic carbocycles. The third kappa shape index (κ3) is 2.20. The summed E-state index contributed by atoms with van der Waals surface area (Å²) >= 11 is 0. The van der Waals surface area contributed by atoms with Crippen LogP contribution in [0.1, 0.15) is 26.2 Å². The van der Waals surface area contributed by atoms with Crippen molar-refractivity contribution in [2.24, 2.45) is 17.8 Å². The molecule has 2 fully saturated rings. The molecule has 1 saturated heterocycles. The molecular weight excluding hydrogens is 221 g/mol. The van der Waals surface area contributed by atoms with Gasteiger partial charge in [0.25, 0.3) is 0 Å². The van der Waals surface area contributed by atoms with Crippen LogP contribution in [0.15, 0.2) is 0 Å². The number of hydrogen-bond acceptors (Lipinski definition) is 2. The average molecular weight is 238 g/mol. The quantitative estimate of drug-likeness (QED) is 0.760. The first-order chi connectivity index (χ1) is 7.41. The van der Waals surface area contributed by atoms with Crippen molar-refractivity contribution in [2.75, 3.05) is 6.61 Å². The third-order valence-electron chi connectivity index (χ3n) is 3.90. The van der Waals surface area contributed by atoms with Crippen LogP contribution < -0.4 is 0 Å². The number of halogens is 3. The van der Waals surface area contributed by atoms with Crippen molar-refractivity contribution in [2.45, 2.75) is 44.6 Å². The first-order valence-electron chi connectivity index (χ1n) is 5.75. The summed E-state index contributed by atoms with van der Waals surface area (Å²) in [6.45, 7) is 1.72. The first-order valence-corrected chi connectivity index (χ1v) is 5.75. The maximum atomic E-state index is 12.7. The van der Waals surface area contributed by atoms with Crippen LogP contribution in [0.5, 0.6) is 0 Å². The minimum atomic E-state index is -4.16. The largest absolute Gasteiger partial charge is 0.396 e. The van der Waals surface area contributed by atoms with Crippen LogP contribution in [-0.4, -0.2) is 30.1 Å². The van der Waals surface area contributed by atoms with Gasteiger partial charge in [-0.25, -0.2) is 0 Å². The van der Waals surface area contributed by atoms with E-state index in [0.29, 0.717) is 0 Å². The van der Waals surface area contributed by atoms with Crippen molar-refractivity contribution in [3.63, 3.8) is 0 Å². The Kier molecular flexibility index (Phi) is 3.18. The Morgan fingerprint density at radius 2 is 1.94 bits per heavy atom. The molecule has 94 valence electrons. The van der Waals surface area contributed by atoms with Crippen molar-refractivity contribution in [3.05, 3.63) is 0 Å². The molecule has 1 N–H and O–H groups in total. The zero-order valence-electron chi connectivity index (χ0n) is 9.20. The van der Waals surface area contributed by atoms with Crippen LogP contribution >= 0.6 is 0 Å². The minimum Gasteiger partial charge on any atom is -0.396 e. The van der Waals surface area contributed by atoms with Crippen LogP contribution in [0.25, 0.3) is 0 Å². The van der Waals surface area contributed by atoms with Crippen LogP contribution in [0, 0.1) is 17.8 Å². The summed E-state index contributed by atoms with van der Waals surface area (Å²) < 4.78 is 43.5. The van der Waals surface area contributed by atoms with E-state index in [-0.39, 0.29) is 43.5 Å². The van der Waals surface area contributed by atoms with Gasteiger partial charge in [0.2, 0.25) is 0 Å². The number of hydrogen-bond donors (Lipinski definition) is 1. The van der Waals surface area contributed by atoms with Gasteiger partial charge in [-0.2, -0.15) is 13.2 Å². The summed E-state index contributed by atoms with van der Waals surface area (Å²) in [6, 6.07) is 0. The van der Waals surface area contributed by atoms with Gasteiger partial charge >= 0.3 is 6.18 Å². The predicted molar refractivity (Wildman–Crippen MR) is 51.8 cm³/mol. The van der Waals surface area contributed by atoms with Gasteiger partial charge < -0.3 is 9.84 Å². The lowest BCUT2D eigenvalue weighted by atomic mass is 9.72. The maximum Gasteiger partial charge on any atom is 0.391 e. The van der Waals surface area contributed by atoms with E-state index in [1.807, 2.05) is 6.92 Å². The summed E-state index contributed by atoms with van der Waals surface area (Å²) in [5.41, 5.74) is 0. The first kappa shape index (κ1) is 12.2. The van der Waals surface area contributed by atoms with E-state index in [4.69, 9.17) is 4.74 Å². The van der Waals surface area contributed by atoms with Gasteiger partial charge in [-0.3, -0.25) is 0 Å². The monoisotopic (exact) mass is 238 g/mol. The second-order valence-electron chi connectivity index (χ2n) is 5.04. The second kappa shape index (κ2) is 4.18. The Labute approximate surface area is 92.8 Å². The molecule has 0 unspecified atom stereocenters. The molecule has 0 spiro atoms. The molecular formula is C11H17F3O2. The highest BCUT2D eigenvalue weighted by molar-refractivity contribution is 4.93. The van der Waals surface area contributed by atoms with Gasteiger partial charge in [0.05, 0.1) is 18.1 Å². The van der Waals surface area contributed by atoms with Gasteiger partial charge in [-0.1, -0.05) is 0 Å². The Morgan fingerprint density at radius 3 is 2.50 bits per heavy atom. The van der Waals surface area contributed by atoms with Crippen molar-refractivity contribution < 1.29 is 23.0 Å². The standard InChI is InChI=1S/C11H17F3O2/c1-6-2-9-7(5-15)3-8(11(12,13)14)4-10(9)16-6/h6-10,15H,2-5H2,1H3/t6-,7+,8+,9-,10-/m1/s1. The molecule has 1 aliphatic carbocycles. The Hall–Kier alpha value is -0.290. The highest BCUT2D eigenvalue weighted by Gasteiger charge is 2.51. The lowest BCUT2D eigenvalue weighted by molar-refractivity contribution is -0.200. The molecule has 0 aromatic rings. The topological polar surface area (TPSA) is 29.5 Å². The highest BCUT2D eigenvalue weighted by atomic mass is 19.4. The molecule has 0 aromatic heterocycles. The second-order valence-corrected chi connectivity index (χ2v) is 5.04. The van der Waals surface area contributed by atoms with Crippen LogP contribution in [0.4, 0.5) is 13.2 Å². The molecule has 1 aliphatic heterocycles. The average Bonchev–Trinajstić information content (AvgIpc) is 2.54. The molecule has 5 atom stereocenters. The molecule has 2 aliphatic rings. The Balaban J connectivity index is 2.10. The third-order valence-corrected chi connectivity index (χ3v) is 3.90. The zero-order valence-corrected chi connectivity index (χ0v) is 9.20. The number of fused-ring (bicyclic) bond motifs is 1. The van der Waals surface area contributed by atoms with Crippen molar-refractivity contribution in [1.29, 1.82) is 0 Å². The zero-order chi connectivity index (χ0) is 11.9. The Bertz CT molecular complexity index is 246. The fourth-order valence-corrected chi connectivity index (χ4v) is 3.11. The van der Waals surface area contributed by atoms with Gasteiger partial charge in [0.1, 0.15) is 0 Å². The van der Waals surface area contributed by atoms with E-state index in [1.165, 1.54) is 0 Å². The van der Waals surface area contributed by atoms with Gasteiger partial charge in [-0.15, -0.1) is 0 Å². The number of alkyl halides is 3. The normalized spacial score (nSPS) is 44.4. The molecule has 1 saturated carbocycles. The van der Waals surface area contributed by atoms with Gasteiger partial charge in [0.15, 0.2) is 0 Å². The number of aliphatic hydroxyl groups excluding tert-OH is 1. The van der Waals surface area contributed by atoms with Crippen molar-refractivity contribution in [3.8, 4) is 0 Å². The lowest BCUT2D eigenvalue weighted by Gasteiger charge is -2.37. The fraction of sp³-hybridized carbons (Fsp3) is 1.00. The summed E-state index contributed by atoms with van der Waals surface area (Å²) in [6.07, 6.45) is -3.55. The maximum absolute atomic E-state index is 12.7. The lowest BCUT2D eigenvalue weighted by Crippen LogP contribution is -2.40. The van der Waals surface area contributed by atoms with E-state index in [9.17, 15) is 18.3 Å². The molecule has 2 rings (SSSR count). The van der Waals surface area contributed by atoms with Gasteiger partial charge in [-0.05, 0) is 38.0 Å². The molecule has 0 radical (unpaired) electrons. The summed E-state index contributed by atoms with van der Waals surface area (Å²) in [5.74, 6) is -1.45. The Morgan fingerprint density at radius 1 is 1.25 bits per heavy atom. The van der Waals surface area contributed by atoms with E-state index >= 15 is 0 Å². The summed E-state index contributed by atoms with van der Waals surface area (Å²) in [7, 11) is 0. The molecule has 0 amide bonds. The molecule has 2 nitrogen and oxygen atoms in total.